The molecule has 1 saturated heterocycles. The standard InChI is InChI=1S/C28H30N2O7/c1-18(2)11-7-3-4-8-12-22(33)29-19-17-28(36,27-26(37-27)25(19)35)16-10-6-5-9-13-23(34)30-24-20(31)14-15-21(24)32/h3-13,16-18,26-27,31,36H,14-15H2,1-2H3,(H,29,33)(H,30,34)/b4-3+,6-5+,11-7+,12-8+,13-9+,16-10+/t26?,27?,28-/m0/s1. The third kappa shape index (κ3) is 7.70. The van der Waals surface area contributed by atoms with Gasteiger partial charge in [0.1, 0.15) is 23.2 Å². The van der Waals surface area contributed by atoms with Crippen molar-refractivity contribution in [1.29, 1.82) is 0 Å². The van der Waals surface area contributed by atoms with E-state index in [4.69, 9.17) is 4.74 Å². The van der Waals surface area contributed by atoms with Gasteiger partial charge in [0.05, 0.1) is 5.70 Å². The number of hydrogen-bond donors (Lipinski definition) is 4. The maximum Gasteiger partial charge on any atom is 0.248 e. The summed E-state index contributed by atoms with van der Waals surface area (Å²) in [4.78, 5) is 48.1. The molecule has 2 aliphatic carbocycles. The molecule has 3 aliphatic rings. The second-order valence-electron chi connectivity index (χ2n) is 8.99. The predicted octanol–water partition coefficient (Wildman–Crippen LogP) is 2.31. The second-order valence-corrected chi connectivity index (χ2v) is 8.99. The van der Waals surface area contributed by atoms with Crippen LogP contribution in [0.4, 0.5) is 0 Å². The highest BCUT2D eigenvalue weighted by Crippen LogP contribution is 2.40. The Kier molecular flexibility index (Phi) is 9.10. The summed E-state index contributed by atoms with van der Waals surface area (Å²) in [5, 5.41) is 25.4. The quantitative estimate of drug-likeness (QED) is 0.202. The molecule has 0 aromatic rings. The van der Waals surface area contributed by atoms with E-state index in [1.807, 2.05) is 12.2 Å². The highest BCUT2D eigenvalue weighted by atomic mass is 16.6. The molecule has 0 saturated carbocycles. The van der Waals surface area contributed by atoms with Crippen molar-refractivity contribution in [3.05, 3.63) is 96.1 Å². The predicted molar refractivity (Wildman–Crippen MR) is 137 cm³/mol. The maximum absolute atomic E-state index is 12.4. The van der Waals surface area contributed by atoms with Gasteiger partial charge >= 0.3 is 0 Å². The lowest BCUT2D eigenvalue weighted by atomic mass is 9.88. The summed E-state index contributed by atoms with van der Waals surface area (Å²) < 4.78 is 5.32. The first-order valence-electron chi connectivity index (χ1n) is 11.9. The Labute approximate surface area is 215 Å². The van der Waals surface area contributed by atoms with Crippen molar-refractivity contribution >= 4 is 23.4 Å². The zero-order valence-electron chi connectivity index (χ0n) is 20.6. The first kappa shape index (κ1) is 27.5. The third-order valence-electron chi connectivity index (χ3n) is 5.53. The van der Waals surface area contributed by atoms with Crippen molar-refractivity contribution in [2.45, 2.75) is 44.5 Å². The summed E-state index contributed by atoms with van der Waals surface area (Å²) >= 11 is 0. The van der Waals surface area contributed by atoms with Crippen LogP contribution in [0.25, 0.3) is 0 Å². The average molecular weight is 507 g/mol. The van der Waals surface area contributed by atoms with E-state index < -0.39 is 35.4 Å². The summed E-state index contributed by atoms with van der Waals surface area (Å²) in [6.07, 6.45) is 18.8. The Morgan fingerprint density at radius 3 is 2.22 bits per heavy atom. The fourth-order valence-electron chi connectivity index (χ4n) is 3.60. The summed E-state index contributed by atoms with van der Waals surface area (Å²) in [6.45, 7) is 4.10. The molecule has 3 rings (SSSR count). The van der Waals surface area contributed by atoms with Gasteiger partial charge in [0.25, 0.3) is 0 Å². The minimum absolute atomic E-state index is 0.0520. The van der Waals surface area contributed by atoms with Crippen molar-refractivity contribution in [3.8, 4) is 0 Å². The van der Waals surface area contributed by atoms with E-state index in [1.165, 1.54) is 42.5 Å². The maximum atomic E-state index is 12.4. The molecule has 0 spiro atoms. The minimum Gasteiger partial charge on any atom is -0.510 e. The lowest BCUT2D eigenvalue weighted by Crippen LogP contribution is -2.42. The molecule has 9 heteroatoms. The van der Waals surface area contributed by atoms with Crippen LogP contribution in [0.2, 0.25) is 0 Å². The molecule has 0 aromatic carbocycles. The monoisotopic (exact) mass is 506 g/mol. The Bertz CT molecular complexity index is 1200. The van der Waals surface area contributed by atoms with E-state index in [0.29, 0.717) is 5.92 Å². The van der Waals surface area contributed by atoms with Crippen LogP contribution < -0.4 is 10.6 Å². The van der Waals surface area contributed by atoms with Gasteiger partial charge in [-0.2, -0.15) is 0 Å². The fourth-order valence-corrected chi connectivity index (χ4v) is 3.60. The number of aliphatic hydroxyl groups excluding tert-OH is 1. The van der Waals surface area contributed by atoms with Gasteiger partial charge in [0.2, 0.25) is 17.6 Å². The van der Waals surface area contributed by atoms with Gasteiger partial charge in [-0.15, -0.1) is 0 Å². The number of epoxide rings is 1. The molecule has 1 aliphatic heterocycles. The Balaban J connectivity index is 1.55. The molecular formula is C28H30N2O7. The Morgan fingerprint density at radius 2 is 1.59 bits per heavy atom. The third-order valence-corrected chi connectivity index (χ3v) is 5.53. The normalized spacial score (nSPS) is 26.1. The second kappa shape index (κ2) is 12.2. The van der Waals surface area contributed by atoms with Crippen molar-refractivity contribution in [3.63, 3.8) is 0 Å². The largest absolute Gasteiger partial charge is 0.510 e. The molecule has 0 radical (unpaired) electrons. The molecule has 2 unspecified atom stereocenters. The van der Waals surface area contributed by atoms with Crippen LogP contribution in [0, 0.1) is 5.92 Å². The molecule has 3 atom stereocenters. The van der Waals surface area contributed by atoms with Crippen LogP contribution >= 0.6 is 0 Å². The summed E-state index contributed by atoms with van der Waals surface area (Å²) in [5.41, 5.74) is -1.74. The lowest BCUT2D eigenvalue weighted by molar-refractivity contribution is -0.121. The molecule has 1 fully saturated rings. The number of nitrogens with one attached hydrogen (secondary N) is 2. The molecule has 4 N–H and O–H groups in total. The van der Waals surface area contributed by atoms with Crippen LogP contribution in [-0.2, 0) is 23.9 Å². The van der Waals surface area contributed by atoms with E-state index in [9.17, 15) is 29.4 Å². The van der Waals surface area contributed by atoms with E-state index in [-0.39, 0.29) is 35.8 Å². The van der Waals surface area contributed by atoms with E-state index >= 15 is 0 Å². The zero-order chi connectivity index (χ0) is 27.0. The number of Topliss-reactive ketones (excluding diaryl/α,β-unsaturated/α-hetero) is 2. The zero-order valence-corrected chi connectivity index (χ0v) is 20.6. The van der Waals surface area contributed by atoms with Crippen LogP contribution in [0.15, 0.2) is 96.1 Å². The van der Waals surface area contributed by atoms with Gasteiger partial charge in [-0.3, -0.25) is 19.2 Å². The van der Waals surface area contributed by atoms with Crippen LogP contribution in [0.3, 0.4) is 0 Å². The van der Waals surface area contributed by atoms with Gasteiger partial charge in [-0.1, -0.05) is 68.5 Å². The van der Waals surface area contributed by atoms with Crippen LogP contribution in [0.5, 0.6) is 0 Å². The number of hydrogen-bond acceptors (Lipinski definition) is 7. The van der Waals surface area contributed by atoms with Gasteiger partial charge in [-0.05, 0) is 18.1 Å². The first-order chi connectivity index (χ1) is 17.6. The number of carbonyl (C=O) groups is 4. The Hall–Kier alpha value is -4.08. The SMILES string of the molecule is CC(C)/C=C/C=C/C=C/C(=O)NC1=C[C@@](O)(/C=C/C=C/C=C/C(=O)NC2=C(O)CCC2=O)C2OC2C1=O. The minimum atomic E-state index is -1.61. The number of rotatable bonds is 10. The highest BCUT2D eigenvalue weighted by Gasteiger charge is 2.59. The molecule has 37 heavy (non-hydrogen) atoms. The van der Waals surface area contributed by atoms with E-state index in [2.05, 4.69) is 24.5 Å². The number of amides is 2. The number of aliphatic hydroxyl groups is 2. The number of ether oxygens (including phenoxy) is 1. The molecule has 9 nitrogen and oxygen atoms in total. The highest BCUT2D eigenvalue weighted by molar-refractivity contribution is 6.06. The van der Waals surface area contributed by atoms with Crippen molar-refractivity contribution < 1.29 is 34.1 Å². The van der Waals surface area contributed by atoms with Gasteiger partial charge in [0.15, 0.2) is 11.9 Å². The average Bonchev–Trinajstić information content (AvgIpc) is 3.60. The number of allylic oxidation sites excluding steroid dienone is 11. The number of ketones is 2. The van der Waals surface area contributed by atoms with Crippen molar-refractivity contribution in [2.24, 2.45) is 5.92 Å². The van der Waals surface area contributed by atoms with Crippen molar-refractivity contribution in [2.75, 3.05) is 0 Å². The summed E-state index contributed by atoms with van der Waals surface area (Å²) in [5.74, 6) is -1.52. The molecule has 0 bridgehead atoms. The first-order valence-corrected chi connectivity index (χ1v) is 11.9. The summed E-state index contributed by atoms with van der Waals surface area (Å²) in [7, 11) is 0. The number of carbonyl (C=O) groups excluding carboxylic acids is 4. The van der Waals surface area contributed by atoms with Crippen molar-refractivity contribution in [1.82, 2.24) is 10.6 Å². The molecule has 0 aromatic heterocycles. The molecule has 2 amide bonds. The smallest absolute Gasteiger partial charge is 0.248 e. The molecule has 194 valence electrons. The van der Waals surface area contributed by atoms with Gasteiger partial charge < -0.3 is 25.6 Å². The fraction of sp³-hybridized carbons (Fsp3) is 0.286. The van der Waals surface area contributed by atoms with Crippen LogP contribution in [0.1, 0.15) is 26.7 Å². The van der Waals surface area contributed by atoms with Gasteiger partial charge in [0, 0.05) is 25.0 Å². The van der Waals surface area contributed by atoms with E-state index in [0.717, 1.165) is 0 Å². The Morgan fingerprint density at radius 1 is 0.973 bits per heavy atom. The molecular weight excluding hydrogens is 476 g/mol. The summed E-state index contributed by atoms with van der Waals surface area (Å²) in [6, 6.07) is 0. The van der Waals surface area contributed by atoms with Gasteiger partial charge in [-0.25, -0.2) is 0 Å². The molecule has 1 heterocycles. The topological polar surface area (TPSA) is 145 Å². The number of fused-ring (bicyclic) bond motifs is 1. The van der Waals surface area contributed by atoms with E-state index in [1.54, 1.807) is 24.3 Å². The lowest BCUT2D eigenvalue weighted by Gasteiger charge is -2.23. The van der Waals surface area contributed by atoms with Crippen LogP contribution in [-0.4, -0.2) is 51.4 Å².